The number of aryl methyl sites for hydroxylation is 1. The molecule has 0 spiro atoms. The lowest BCUT2D eigenvalue weighted by Gasteiger charge is -2.11. The number of hydrogen-bond acceptors (Lipinski definition) is 6. The van der Waals surface area contributed by atoms with Crippen molar-refractivity contribution in [2.45, 2.75) is 13.0 Å². The number of benzene rings is 1. The summed E-state index contributed by atoms with van der Waals surface area (Å²) in [6.07, 6.45) is 1.69. The highest BCUT2D eigenvalue weighted by molar-refractivity contribution is 7.22. The van der Waals surface area contributed by atoms with Crippen LogP contribution in [0, 0.1) is 0 Å². The minimum atomic E-state index is 0.0463. The first-order valence-corrected chi connectivity index (χ1v) is 7.04. The van der Waals surface area contributed by atoms with E-state index in [9.17, 15) is 0 Å². The number of fused-ring (bicyclic) bond motifs is 1. The van der Waals surface area contributed by atoms with Crippen molar-refractivity contribution >= 4 is 26.7 Å². The third kappa shape index (κ3) is 2.32. The average Bonchev–Trinajstić information content (AvgIpc) is 3.03. The van der Waals surface area contributed by atoms with Crippen molar-refractivity contribution in [2.75, 3.05) is 12.4 Å². The van der Waals surface area contributed by atoms with Gasteiger partial charge in [-0.15, -0.1) is 10.2 Å². The first kappa shape index (κ1) is 12.9. The SMILES string of the molecule is COc1ccc2nc(NC(C)c3nncn3C)sc2c1. The molecule has 0 aliphatic rings. The molecule has 20 heavy (non-hydrogen) atoms. The summed E-state index contributed by atoms with van der Waals surface area (Å²) in [5.74, 6) is 1.72. The van der Waals surface area contributed by atoms with E-state index in [4.69, 9.17) is 4.74 Å². The molecule has 0 fully saturated rings. The highest BCUT2D eigenvalue weighted by Crippen LogP contribution is 2.30. The molecule has 0 bridgehead atoms. The number of hydrogen-bond donors (Lipinski definition) is 1. The molecule has 2 heterocycles. The lowest BCUT2D eigenvalue weighted by molar-refractivity contribution is 0.415. The number of thiazole rings is 1. The van der Waals surface area contributed by atoms with Crippen LogP contribution in [-0.4, -0.2) is 26.9 Å². The summed E-state index contributed by atoms with van der Waals surface area (Å²) in [5.41, 5.74) is 0.962. The van der Waals surface area contributed by atoms with Crippen LogP contribution in [-0.2, 0) is 7.05 Å². The zero-order chi connectivity index (χ0) is 14.1. The molecule has 3 aromatic rings. The van der Waals surface area contributed by atoms with Gasteiger partial charge in [-0.3, -0.25) is 0 Å². The summed E-state index contributed by atoms with van der Waals surface area (Å²) < 4.78 is 8.22. The van der Waals surface area contributed by atoms with E-state index >= 15 is 0 Å². The predicted molar refractivity (Wildman–Crippen MR) is 79.2 cm³/mol. The van der Waals surface area contributed by atoms with Crippen molar-refractivity contribution in [2.24, 2.45) is 7.05 Å². The Bertz CT molecular complexity index is 735. The van der Waals surface area contributed by atoms with Gasteiger partial charge in [-0.05, 0) is 25.1 Å². The van der Waals surface area contributed by atoms with Gasteiger partial charge in [0, 0.05) is 7.05 Å². The largest absolute Gasteiger partial charge is 0.497 e. The first-order chi connectivity index (χ1) is 9.67. The second kappa shape index (κ2) is 5.09. The van der Waals surface area contributed by atoms with Gasteiger partial charge < -0.3 is 14.6 Å². The molecule has 0 aliphatic carbocycles. The standard InChI is InChI=1S/C13H15N5OS/c1-8(12-17-14-7-18(12)2)15-13-16-10-5-4-9(19-3)6-11(10)20-13/h4-8H,1-3H3,(H,15,16). The van der Waals surface area contributed by atoms with E-state index in [1.54, 1.807) is 24.8 Å². The zero-order valence-electron chi connectivity index (χ0n) is 11.5. The fourth-order valence-electron chi connectivity index (χ4n) is 2.03. The van der Waals surface area contributed by atoms with Gasteiger partial charge in [-0.2, -0.15) is 0 Å². The van der Waals surface area contributed by atoms with Crippen LogP contribution in [0.3, 0.4) is 0 Å². The molecule has 1 N–H and O–H groups in total. The highest BCUT2D eigenvalue weighted by atomic mass is 32.1. The van der Waals surface area contributed by atoms with E-state index < -0.39 is 0 Å². The average molecular weight is 289 g/mol. The molecule has 0 aliphatic heterocycles. The minimum absolute atomic E-state index is 0.0463. The van der Waals surface area contributed by atoms with E-state index in [1.165, 1.54) is 0 Å². The van der Waals surface area contributed by atoms with Gasteiger partial charge in [0.05, 0.1) is 23.4 Å². The van der Waals surface area contributed by atoms with E-state index in [0.717, 1.165) is 26.9 Å². The smallest absolute Gasteiger partial charge is 0.184 e. The molecule has 0 radical (unpaired) electrons. The van der Waals surface area contributed by atoms with Crippen LogP contribution in [0.5, 0.6) is 5.75 Å². The number of aromatic nitrogens is 4. The molecular formula is C13H15N5OS. The van der Waals surface area contributed by atoms with Crippen molar-refractivity contribution in [3.63, 3.8) is 0 Å². The number of rotatable bonds is 4. The summed E-state index contributed by atoms with van der Waals surface area (Å²) in [6.45, 7) is 2.04. The molecule has 3 rings (SSSR count). The maximum atomic E-state index is 5.22. The fourth-order valence-corrected chi connectivity index (χ4v) is 3.01. The summed E-state index contributed by atoms with van der Waals surface area (Å²) >= 11 is 1.60. The van der Waals surface area contributed by atoms with Crippen LogP contribution in [0.25, 0.3) is 10.2 Å². The molecule has 0 amide bonds. The zero-order valence-corrected chi connectivity index (χ0v) is 12.3. The lowest BCUT2D eigenvalue weighted by Crippen LogP contribution is -2.11. The Morgan fingerprint density at radius 2 is 2.25 bits per heavy atom. The Labute approximate surface area is 120 Å². The second-order valence-electron chi connectivity index (χ2n) is 4.52. The summed E-state index contributed by atoms with van der Waals surface area (Å²) in [4.78, 5) is 4.56. The normalized spacial score (nSPS) is 12.6. The van der Waals surface area contributed by atoms with E-state index in [1.807, 2.05) is 36.7 Å². The van der Waals surface area contributed by atoms with E-state index in [-0.39, 0.29) is 6.04 Å². The third-order valence-corrected chi connectivity index (χ3v) is 4.02. The monoisotopic (exact) mass is 289 g/mol. The Hall–Kier alpha value is -2.15. The van der Waals surface area contributed by atoms with E-state index in [2.05, 4.69) is 20.5 Å². The molecule has 0 saturated carbocycles. The molecule has 6 nitrogen and oxygen atoms in total. The van der Waals surface area contributed by atoms with Gasteiger partial charge in [-0.1, -0.05) is 11.3 Å². The Kier molecular flexibility index (Phi) is 3.27. The maximum Gasteiger partial charge on any atom is 0.184 e. The molecule has 104 valence electrons. The summed E-state index contributed by atoms with van der Waals surface area (Å²) in [5, 5.41) is 12.2. The van der Waals surface area contributed by atoms with E-state index in [0.29, 0.717) is 0 Å². The van der Waals surface area contributed by atoms with Crippen molar-refractivity contribution in [1.82, 2.24) is 19.7 Å². The van der Waals surface area contributed by atoms with Gasteiger partial charge in [0.15, 0.2) is 11.0 Å². The van der Waals surface area contributed by atoms with Crippen molar-refractivity contribution in [1.29, 1.82) is 0 Å². The van der Waals surface area contributed by atoms with Crippen molar-refractivity contribution in [3.8, 4) is 5.75 Å². The highest BCUT2D eigenvalue weighted by Gasteiger charge is 2.13. The second-order valence-corrected chi connectivity index (χ2v) is 5.55. The molecule has 0 saturated heterocycles. The van der Waals surface area contributed by atoms with Crippen LogP contribution < -0.4 is 10.1 Å². The van der Waals surface area contributed by atoms with Crippen LogP contribution in [0.4, 0.5) is 5.13 Å². The maximum absolute atomic E-state index is 5.22. The van der Waals surface area contributed by atoms with Crippen LogP contribution in [0.15, 0.2) is 24.5 Å². The number of nitrogens with one attached hydrogen (secondary N) is 1. The molecule has 2 aromatic heterocycles. The van der Waals surface area contributed by atoms with Gasteiger partial charge in [0.1, 0.15) is 12.1 Å². The number of nitrogens with zero attached hydrogens (tertiary/aromatic N) is 4. The van der Waals surface area contributed by atoms with Crippen molar-refractivity contribution < 1.29 is 4.74 Å². The van der Waals surface area contributed by atoms with Gasteiger partial charge >= 0.3 is 0 Å². The summed E-state index contributed by atoms with van der Waals surface area (Å²) in [6, 6.07) is 5.91. The van der Waals surface area contributed by atoms with Crippen LogP contribution in [0.1, 0.15) is 18.8 Å². The quantitative estimate of drug-likeness (QED) is 0.799. The van der Waals surface area contributed by atoms with Gasteiger partial charge in [-0.25, -0.2) is 4.98 Å². The Morgan fingerprint density at radius 3 is 2.95 bits per heavy atom. The minimum Gasteiger partial charge on any atom is -0.497 e. The summed E-state index contributed by atoms with van der Waals surface area (Å²) in [7, 11) is 3.59. The van der Waals surface area contributed by atoms with Crippen LogP contribution in [0.2, 0.25) is 0 Å². The number of anilines is 1. The molecule has 1 atom stereocenters. The lowest BCUT2D eigenvalue weighted by atomic mass is 10.3. The molecular weight excluding hydrogens is 274 g/mol. The predicted octanol–water partition coefficient (Wildman–Crippen LogP) is 2.61. The van der Waals surface area contributed by atoms with Crippen molar-refractivity contribution in [3.05, 3.63) is 30.4 Å². The molecule has 7 heteroatoms. The first-order valence-electron chi connectivity index (χ1n) is 6.22. The number of methoxy groups -OCH3 is 1. The Balaban J connectivity index is 1.86. The van der Waals surface area contributed by atoms with Crippen LogP contribution >= 0.6 is 11.3 Å². The molecule has 1 unspecified atom stereocenters. The third-order valence-electron chi connectivity index (χ3n) is 3.07. The van der Waals surface area contributed by atoms with Gasteiger partial charge in [0.25, 0.3) is 0 Å². The Morgan fingerprint density at radius 1 is 1.40 bits per heavy atom. The van der Waals surface area contributed by atoms with Gasteiger partial charge in [0.2, 0.25) is 0 Å². The number of ether oxygens (including phenoxy) is 1. The molecule has 1 aromatic carbocycles. The topological polar surface area (TPSA) is 64.9 Å². The fraction of sp³-hybridized carbons (Fsp3) is 0.308.